The molecule has 1 heteroatoms. The van der Waals surface area contributed by atoms with Crippen molar-refractivity contribution in [2.75, 3.05) is 5.73 Å². The van der Waals surface area contributed by atoms with Crippen LogP contribution >= 0.6 is 0 Å². The molecule has 0 aliphatic carbocycles. The Bertz CT molecular complexity index is 648. The molecule has 0 saturated heterocycles. The third-order valence-corrected chi connectivity index (χ3v) is 3.01. The van der Waals surface area contributed by atoms with Gasteiger partial charge >= 0.3 is 0 Å². The number of benzene rings is 3. The number of fused-ring (bicyclic) bond motifs is 1. The first-order chi connectivity index (χ1) is 8.34. The Morgan fingerprint density at radius 3 is 2.18 bits per heavy atom. The second kappa shape index (κ2) is 3.95. The molecule has 82 valence electrons. The molecule has 2 N–H and O–H groups in total. The number of nitrogen functional groups attached to an aromatic ring is 1. The van der Waals surface area contributed by atoms with Crippen LogP contribution in [-0.4, -0.2) is 0 Å². The molecule has 0 spiro atoms. The molecule has 0 aliphatic rings. The normalized spacial score (nSPS) is 10.6. The molecule has 0 fully saturated rings. The first-order valence-electron chi connectivity index (χ1n) is 5.68. The Morgan fingerprint density at radius 1 is 0.647 bits per heavy atom. The van der Waals surface area contributed by atoms with E-state index in [9.17, 15) is 0 Å². The molecule has 0 amide bonds. The molecule has 0 aromatic heterocycles. The predicted octanol–water partition coefficient (Wildman–Crippen LogP) is 4.09. The first-order valence-corrected chi connectivity index (χ1v) is 5.68. The van der Waals surface area contributed by atoms with Crippen molar-refractivity contribution < 1.29 is 0 Å². The van der Waals surface area contributed by atoms with E-state index >= 15 is 0 Å². The fraction of sp³-hybridized carbons (Fsp3) is 0. The number of nitrogens with two attached hydrogens (primary N) is 1. The molecule has 0 atom stereocenters. The van der Waals surface area contributed by atoms with Gasteiger partial charge in [0.2, 0.25) is 0 Å². The van der Waals surface area contributed by atoms with Crippen LogP contribution in [0, 0.1) is 0 Å². The van der Waals surface area contributed by atoms with Gasteiger partial charge in [-0.3, -0.25) is 0 Å². The second-order valence-electron chi connectivity index (χ2n) is 4.15. The number of anilines is 1. The Hall–Kier alpha value is -2.28. The molecule has 3 rings (SSSR count). The molecule has 1 nitrogen and oxygen atoms in total. The largest absolute Gasteiger partial charge is 0.399 e. The zero-order chi connectivity index (χ0) is 11.7. The summed E-state index contributed by atoms with van der Waals surface area (Å²) in [5.41, 5.74) is 8.97. The molecule has 0 aliphatic heterocycles. The van der Waals surface area contributed by atoms with Gasteiger partial charge in [0.15, 0.2) is 0 Å². The van der Waals surface area contributed by atoms with Crippen LogP contribution in [0.5, 0.6) is 0 Å². The molecule has 17 heavy (non-hydrogen) atoms. The van der Waals surface area contributed by atoms with Crippen LogP contribution in [0.25, 0.3) is 21.9 Å². The van der Waals surface area contributed by atoms with Crippen LogP contribution in [0.4, 0.5) is 5.69 Å². The molecular weight excluding hydrogens is 206 g/mol. The molecule has 0 unspecified atom stereocenters. The van der Waals surface area contributed by atoms with Crippen molar-refractivity contribution in [1.82, 2.24) is 0 Å². The van der Waals surface area contributed by atoms with Gasteiger partial charge in [-0.15, -0.1) is 0 Å². The lowest BCUT2D eigenvalue weighted by Crippen LogP contribution is -1.85. The monoisotopic (exact) mass is 219 g/mol. The van der Waals surface area contributed by atoms with Gasteiger partial charge in [-0.05, 0) is 34.0 Å². The molecule has 0 radical (unpaired) electrons. The highest BCUT2D eigenvalue weighted by Gasteiger charge is 2.02. The Labute approximate surface area is 101 Å². The van der Waals surface area contributed by atoms with Crippen molar-refractivity contribution in [3.63, 3.8) is 0 Å². The van der Waals surface area contributed by atoms with Crippen LogP contribution in [-0.2, 0) is 0 Å². The molecule has 0 bridgehead atoms. The summed E-state index contributed by atoms with van der Waals surface area (Å²) in [5, 5.41) is 2.54. The minimum atomic E-state index is 0.800. The van der Waals surface area contributed by atoms with Crippen LogP contribution in [0.1, 0.15) is 0 Å². The zero-order valence-electron chi connectivity index (χ0n) is 9.43. The average Bonchev–Trinajstić information content (AvgIpc) is 2.39. The lowest BCUT2D eigenvalue weighted by atomic mass is 9.98. The highest BCUT2D eigenvalue weighted by atomic mass is 14.5. The van der Waals surface area contributed by atoms with E-state index < -0.39 is 0 Å². The lowest BCUT2D eigenvalue weighted by Gasteiger charge is -2.06. The highest BCUT2D eigenvalue weighted by Crippen LogP contribution is 2.28. The maximum Gasteiger partial charge on any atom is 0.0314 e. The zero-order valence-corrected chi connectivity index (χ0v) is 9.43. The van der Waals surface area contributed by atoms with Gasteiger partial charge in [0.25, 0.3) is 0 Å². The van der Waals surface area contributed by atoms with E-state index in [1.54, 1.807) is 0 Å². The maximum absolute atomic E-state index is 5.72. The first kappa shape index (κ1) is 9.91. The second-order valence-corrected chi connectivity index (χ2v) is 4.15. The summed E-state index contributed by atoms with van der Waals surface area (Å²) in [4.78, 5) is 0. The van der Waals surface area contributed by atoms with E-state index in [0.29, 0.717) is 0 Å². The lowest BCUT2D eigenvalue weighted by molar-refractivity contribution is 1.64. The van der Waals surface area contributed by atoms with Gasteiger partial charge in [-0.1, -0.05) is 54.6 Å². The van der Waals surface area contributed by atoms with E-state index in [1.165, 1.54) is 21.9 Å². The van der Waals surface area contributed by atoms with Gasteiger partial charge in [0, 0.05) is 5.69 Å². The molecule has 0 saturated carbocycles. The summed E-state index contributed by atoms with van der Waals surface area (Å²) in [6.45, 7) is 0. The third-order valence-electron chi connectivity index (χ3n) is 3.01. The van der Waals surface area contributed by atoms with Crippen molar-refractivity contribution in [2.45, 2.75) is 0 Å². The quantitative estimate of drug-likeness (QED) is 0.613. The molecular formula is C16H13N. The van der Waals surface area contributed by atoms with Crippen LogP contribution in [0.3, 0.4) is 0 Å². The summed E-state index contributed by atoms with van der Waals surface area (Å²) in [6, 6.07) is 22.8. The fourth-order valence-electron chi connectivity index (χ4n) is 2.14. The summed E-state index contributed by atoms with van der Waals surface area (Å²) in [6.07, 6.45) is 0. The van der Waals surface area contributed by atoms with Crippen molar-refractivity contribution >= 4 is 16.5 Å². The van der Waals surface area contributed by atoms with E-state index in [1.807, 2.05) is 12.1 Å². The van der Waals surface area contributed by atoms with Crippen molar-refractivity contribution in [1.29, 1.82) is 0 Å². The van der Waals surface area contributed by atoms with Gasteiger partial charge < -0.3 is 5.73 Å². The van der Waals surface area contributed by atoms with Gasteiger partial charge in [-0.2, -0.15) is 0 Å². The van der Waals surface area contributed by atoms with Crippen LogP contribution in [0.15, 0.2) is 66.7 Å². The molecule has 0 heterocycles. The van der Waals surface area contributed by atoms with Crippen molar-refractivity contribution in [3.8, 4) is 11.1 Å². The van der Waals surface area contributed by atoms with E-state index in [-0.39, 0.29) is 0 Å². The summed E-state index contributed by atoms with van der Waals surface area (Å²) < 4.78 is 0. The minimum Gasteiger partial charge on any atom is -0.399 e. The summed E-state index contributed by atoms with van der Waals surface area (Å²) >= 11 is 0. The van der Waals surface area contributed by atoms with E-state index in [2.05, 4.69) is 54.6 Å². The van der Waals surface area contributed by atoms with Gasteiger partial charge in [0.1, 0.15) is 0 Å². The Kier molecular flexibility index (Phi) is 2.30. The maximum atomic E-state index is 5.72. The molecule has 3 aromatic rings. The third kappa shape index (κ3) is 1.76. The smallest absolute Gasteiger partial charge is 0.0314 e. The molecule has 3 aromatic carbocycles. The van der Waals surface area contributed by atoms with Gasteiger partial charge in [-0.25, -0.2) is 0 Å². The number of rotatable bonds is 1. The van der Waals surface area contributed by atoms with E-state index in [4.69, 9.17) is 5.73 Å². The Balaban J connectivity index is 2.27. The number of hydrogen-bond acceptors (Lipinski definition) is 1. The van der Waals surface area contributed by atoms with Crippen molar-refractivity contribution in [3.05, 3.63) is 66.7 Å². The van der Waals surface area contributed by atoms with Crippen molar-refractivity contribution in [2.24, 2.45) is 0 Å². The minimum absolute atomic E-state index is 0.800. The Morgan fingerprint density at radius 2 is 1.35 bits per heavy atom. The summed E-state index contributed by atoms with van der Waals surface area (Å²) in [5.74, 6) is 0. The topological polar surface area (TPSA) is 26.0 Å². The predicted molar refractivity (Wildman–Crippen MR) is 73.8 cm³/mol. The number of hydrogen-bond donors (Lipinski definition) is 1. The highest BCUT2D eigenvalue weighted by molar-refractivity contribution is 5.96. The van der Waals surface area contributed by atoms with E-state index in [0.717, 1.165) is 5.69 Å². The standard InChI is InChI=1S/C16H13N/c17-14-10-8-13(9-11-14)16-7-3-5-12-4-1-2-6-15(12)16/h1-11H,17H2. The van der Waals surface area contributed by atoms with Crippen LogP contribution < -0.4 is 5.73 Å². The van der Waals surface area contributed by atoms with Crippen LogP contribution in [0.2, 0.25) is 0 Å². The fourth-order valence-corrected chi connectivity index (χ4v) is 2.14. The van der Waals surface area contributed by atoms with Gasteiger partial charge in [0.05, 0.1) is 0 Å². The average molecular weight is 219 g/mol. The SMILES string of the molecule is Nc1ccc(-c2cccc3ccccc23)cc1. The summed E-state index contributed by atoms with van der Waals surface area (Å²) in [7, 11) is 0.